The van der Waals surface area contributed by atoms with Gasteiger partial charge in [0.2, 0.25) is 0 Å². The fourth-order valence-electron chi connectivity index (χ4n) is 3.05. The number of nitrogens with one attached hydrogen (secondary N) is 2. The zero-order chi connectivity index (χ0) is 11.0. The highest BCUT2D eigenvalue weighted by atomic mass is 16.5. The summed E-state index contributed by atoms with van der Waals surface area (Å²) in [6.07, 6.45) is 1.24. The summed E-state index contributed by atoms with van der Waals surface area (Å²) in [7, 11) is 1.78. The number of methoxy groups -OCH3 is 1. The number of ether oxygens (including phenoxy) is 1. The second-order valence-corrected chi connectivity index (χ2v) is 4.68. The summed E-state index contributed by atoms with van der Waals surface area (Å²) in [6, 6.07) is 9.55. The highest BCUT2D eigenvalue weighted by Crippen LogP contribution is 2.40. The number of anilines is 1. The Morgan fingerprint density at radius 3 is 3.12 bits per heavy atom. The van der Waals surface area contributed by atoms with Gasteiger partial charge in [-0.25, -0.2) is 0 Å². The zero-order valence-corrected chi connectivity index (χ0v) is 9.57. The van der Waals surface area contributed by atoms with Gasteiger partial charge in [0, 0.05) is 24.8 Å². The largest absolute Gasteiger partial charge is 0.383 e. The summed E-state index contributed by atoms with van der Waals surface area (Å²) in [4.78, 5) is 0. The molecule has 16 heavy (non-hydrogen) atoms. The van der Waals surface area contributed by atoms with Crippen LogP contribution in [0.3, 0.4) is 0 Å². The number of hydrogen-bond acceptors (Lipinski definition) is 3. The van der Waals surface area contributed by atoms with Crippen LogP contribution in [0.5, 0.6) is 0 Å². The molecule has 2 aliphatic heterocycles. The van der Waals surface area contributed by atoms with Crippen molar-refractivity contribution in [3.8, 4) is 0 Å². The standard InChI is InChI=1S/C13H18N2O/c1-16-8-12-10-6-7-14-13(10)9-4-2-3-5-11(9)15-12/h2-5,10,12-15H,6-8H2,1H3/t10-,12-,13-/m0/s1. The third-order valence-electron chi connectivity index (χ3n) is 3.77. The molecule has 86 valence electrons. The van der Waals surface area contributed by atoms with Crippen molar-refractivity contribution >= 4 is 5.69 Å². The van der Waals surface area contributed by atoms with Gasteiger partial charge in [0.25, 0.3) is 0 Å². The van der Waals surface area contributed by atoms with Crippen LogP contribution in [0.2, 0.25) is 0 Å². The molecule has 2 aliphatic rings. The molecule has 3 atom stereocenters. The van der Waals surface area contributed by atoms with E-state index in [-0.39, 0.29) is 0 Å². The molecule has 1 aromatic rings. The Balaban J connectivity index is 1.95. The van der Waals surface area contributed by atoms with Crippen molar-refractivity contribution in [1.29, 1.82) is 0 Å². The maximum absolute atomic E-state index is 5.31. The van der Waals surface area contributed by atoms with E-state index in [1.54, 1.807) is 7.11 Å². The van der Waals surface area contributed by atoms with E-state index in [9.17, 15) is 0 Å². The van der Waals surface area contributed by atoms with Crippen LogP contribution in [0.15, 0.2) is 24.3 Å². The van der Waals surface area contributed by atoms with Crippen molar-refractivity contribution in [2.45, 2.75) is 18.5 Å². The number of rotatable bonds is 2. The molecular weight excluding hydrogens is 200 g/mol. The molecular formula is C13H18N2O. The molecule has 0 radical (unpaired) electrons. The first-order valence-electron chi connectivity index (χ1n) is 5.98. The predicted octanol–water partition coefficient (Wildman–Crippen LogP) is 1.78. The molecule has 3 heteroatoms. The smallest absolute Gasteiger partial charge is 0.0667 e. The van der Waals surface area contributed by atoms with E-state index in [4.69, 9.17) is 4.74 Å². The lowest BCUT2D eigenvalue weighted by Crippen LogP contribution is -2.40. The average Bonchev–Trinajstić information content (AvgIpc) is 2.79. The van der Waals surface area contributed by atoms with Crippen molar-refractivity contribution in [3.63, 3.8) is 0 Å². The third kappa shape index (κ3) is 1.51. The molecule has 2 N–H and O–H groups in total. The first-order chi connectivity index (χ1) is 7.90. The van der Waals surface area contributed by atoms with Crippen LogP contribution in [0.25, 0.3) is 0 Å². The Morgan fingerprint density at radius 2 is 2.25 bits per heavy atom. The van der Waals surface area contributed by atoms with Gasteiger partial charge >= 0.3 is 0 Å². The molecule has 0 aromatic heterocycles. The fourth-order valence-corrected chi connectivity index (χ4v) is 3.05. The molecule has 1 fully saturated rings. The van der Waals surface area contributed by atoms with E-state index >= 15 is 0 Å². The van der Waals surface area contributed by atoms with Gasteiger partial charge in [-0.05, 0) is 24.6 Å². The van der Waals surface area contributed by atoms with Crippen LogP contribution in [-0.4, -0.2) is 26.3 Å². The summed E-state index contributed by atoms with van der Waals surface area (Å²) in [6.45, 7) is 1.91. The molecule has 1 saturated heterocycles. The molecule has 0 unspecified atom stereocenters. The number of para-hydroxylation sites is 1. The van der Waals surface area contributed by atoms with Crippen molar-refractivity contribution in [3.05, 3.63) is 29.8 Å². The molecule has 1 aromatic carbocycles. The maximum Gasteiger partial charge on any atom is 0.0667 e. The Morgan fingerprint density at radius 1 is 1.38 bits per heavy atom. The van der Waals surface area contributed by atoms with Crippen molar-refractivity contribution in [2.75, 3.05) is 25.6 Å². The molecule has 0 amide bonds. The van der Waals surface area contributed by atoms with Crippen molar-refractivity contribution < 1.29 is 4.74 Å². The highest BCUT2D eigenvalue weighted by molar-refractivity contribution is 5.56. The van der Waals surface area contributed by atoms with Gasteiger partial charge in [0.15, 0.2) is 0 Å². The minimum absolute atomic E-state index is 0.444. The SMILES string of the molecule is COC[C@@H]1Nc2ccccc2[C@@H]2NCC[C@@H]12. The highest BCUT2D eigenvalue weighted by Gasteiger charge is 2.39. The Bertz CT molecular complexity index is 380. The van der Waals surface area contributed by atoms with Gasteiger partial charge in [-0.2, -0.15) is 0 Å². The number of hydrogen-bond donors (Lipinski definition) is 2. The van der Waals surface area contributed by atoms with Gasteiger partial charge in [0.1, 0.15) is 0 Å². The molecule has 0 saturated carbocycles. The van der Waals surface area contributed by atoms with E-state index in [1.807, 2.05) is 0 Å². The molecule has 3 rings (SSSR count). The van der Waals surface area contributed by atoms with Crippen LogP contribution >= 0.6 is 0 Å². The maximum atomic E-state index is 5.31. The number of fused-ring (bicyclic) bond motifs is 3. The lowest BCUT2D eigenvalue weighted by atomic mass is 9.84. The van der Waals surface area contributed by atoms with Gasteiger partial charge in [0.05, 0.1) is 12.6 Å². The van der Waals surface area contributed by atoms with Crippen LogP contribution in [0, 0.1) is 5.92 Å². The summed E-state index contributed by atoms with van der Waals surface area (Å²) >= 11 is 0. The minimum atomic E-state index is 0.444. The zero-order valence-electron chi connectivity index (χ0n) is 9.57. The fraction of sp³-hybridized carbons (Fsp3) is 0.538. The van der Waals surface area contributed by atoms with Gasteiger partial charge in [-0.1, -0.05) is 18.2 Å². The normalized spacial score (nSPS) is 31.7. The van der Waals surface area contributed by atoms with Crippen LogP contribution in [0.1, 0.15) is 18.0 Å². The Kier molecular flexibility index (Phi) is 2.58. The third-order valence-corrected chi connectivity index (χ3v) is 3.77. The first-order valence-corrected chi connectivity index (χ1v) is 5.98. The predicted molar refractivity (Wildman–Crippen MR) is 64.6 cm³/mol. The van der Waals surface area contributed by atoms with E-state index in [0.717, 1.165) is 13.2 Å². The lowest BCUT2D eigenvalue weighted by molar-refractivity contribution is 0.158. The second kappa shape index (κ2) is 4.07. The molecule has 2 heterocycles. The summed E-state index contributed by atoms with van der Waals surface area (Å²) in [5, 5.41) is 7.21. The summed E-state index contributed by atoms with van der Waals surface area (Å²) in [5.41, 5.74) is 2.68. The first kappa shape index (κ1) is 10.1. The van der Waals surface area contributed by atoms with Crippen molar-refractivity contribution in [1.82, 2.24) is 5.32 Å². The van der Waals surface area contributed by atoms with E-state index in [1.165, 1.54) is 17.7 Å². The second-order valence-electron chi connectivity index (χ2n) is 4.68. The van der Waals surface area contributed by atoms with E-state index in [0.29, 0.717) is 18.0 Å². The molecule has 0 bridgehead atoms. The van der Waals surface area contributed by atoms with Crippen LogP contribution in [0.4, 0.5) is 5.69 Å². The van der Waals surface area contributed by atoms with Crippen LogP contribution in [-0.2, 0) is 4.74 Å². The van der Waals surface area contributed by atoms with Gasteiger partial charge < -0.3 is 15.4 Å². The van der Waals surface area contributed by atoms with Gasteiger partial charge in [-0.3, -0.25) is 0 Å². The Hall–Kier alpha value is -1.06. The number of benzene rings is 1. The lowest BCUT2D eigenvalue weighted by Gasteiger charge is -2.36. The summed E-state index contributed by atoms with van der Waals surface area (Å²) in [5.74, 6) is 0.662. The summed E-state index contributed by atoms with van der Waals surface area (Å²) < 4.78 is 5.31. The minimum Gasteiger partial charge on any atom is -0.383 e. The Labute approximate surface area is 96.2 Å². The average molecular weight is 218 g/mol. The molecule has 0 aliphatic carbocycles. The monoisotopic (exact) mass is 218 g/mol. The molecule has 0 spiro atoms. The quantitative estimate of drug-likeness (QED) is 0.794. The van der Waals surface area contributed by atoms with Crippen LogP contribution < -0.4 is 10.6 Å². The van der Waals surface area contributed by atoms with E-state index < -0.39 is 0 Å². The van der Waals surface area contributed by atoms with E-state index in [2.05, 4.69) is 34.9 Å². The van der Waals surface area contributed by atoms with Crippen molar-refractivity contribution in [2.24, 2.45) is 5.92 Å². The topological polar surface area (TPSA) is 33.3 Å². The molecule has 3 nitrogen and oxygen atoms in total. The van der Waals surface area contributed by atoms with Gasteiger partial charge in [-0.15, -0.1) is 0 Å².